The van der Waals surface area contributed by atoms with Crippen LogP contribution in [0, 0.1) is 23.2 Å². The highest BCUT2D eigenvalue weighted by Gasteiger charge is 2.14. The summed E-state index contributed by atoms with van der Waals surface area (Å²) in [5.74, 6) is -0.258. The first-order valence-corrected chi connectivity index (χ1v) is 7.25. The van der Waals surface area contributed by atoms with E-state index in [0.717, 1.165) is 25.8 Å². The second kappa shape index (κ2) is 6.01. The summed E-state index contributed by atoms with van der Waals surface area (Å²) in [5, 5.41) is 10.4. The van der Waals surface area contributed by atoms with E-state index in [2.05, 4.69) is 22.6 Å². The summed E-state index contributed by atoms with van der Waals surface area (Å²) >= 11 is 2.24. The summed E-state index contributed by atoms with van der Waals surface area (Å²) in [6.45, 7) is 3.95. The third-order valence-electron chi connectivity index (χ3n) is 3.31. The van der Waals surface area contributed by atoms with E-state index in [1.807, 2.05) is 32.0 Å². The number of benzene rings is 2. The molecule has 0 aliphatic rings. The van der Waals surface area contributed by atoms with Crippen molar-refractivity contribution in [2.24, 2.45) is 0 Å². The molecule has 0 aromatic heterocycles. The minimum absolute atomic E-state index is 0.258. The Hall–Kier alpha value is -0.940. The van der Waals surface area contributed by atoms with Gasteiger partial charge in [0.2, 0.25) is 0 Å². The van der Waals surface area contributed by atoms with Gasteiger partial charge in [0.25, 0.3) is 0 Å². The highest BCUT2D eigenvalue weighted by Crippen LogP contribution is 2.26. The van der Waals surface area contributed by atoms with E-state index in [1.165, 1.54) is 12.1 Å². The van der Waals surface area contributed by atoms with Crippen molar-refractivity contribution in [2.75, 3.05) is 0 Å². The average Bonchev–Trinajstić information content (AvgIpc) is 2.37. The van der Waals surface area contributed by atoms with Crippen LogP contribution in [0.15, 0.2) is 36.4 Å². The Morgan fingerprint density at radius 2 is 1.89 bits per heavy atom. The van der Waals surface area contributed by atoms with Gasteiger partial charge < -0.3 is 5.11 Å². The summed E-state index contributed by atoms with van der Waals surface area (Å²) in [6, 6.07) is 10.6. The van der Waals surface area contributed by atoms with Gasteiger partial charge in [-0.1, -0.05) is 24.3 Å². The molecule has 0 spiro atoms. The number of halogens is 2. The second-order valence-electron chi connectivity index (χ2n) is 4.77. The van der Waals surface area contributed by atoms with Gasteiger partial charge in [0, 0.05) is 9.99 Å². The molecule has 0 bridgehead atoms. The topological polar surface area (TPSA) is 20.2 Å². The third-order valence-corrected chi connectivity index (χ3v) is 4.78. The minimum Gasteiger partial charge on any atom is -0.388 e. The number of hydrogen-bond acceptors (Lipinski definition) is 1. The van der Waals surface area contributed by atoms with Gasteiger partial charge in [-0.15, -0.1) is 0 Å². The maximum Gasteiger partial charge on any atom is 0.123 e. The fourth-order valence-corrected chi connectivity index (χ4v) is 2.82. The summed E-state index contributed by atoms with van der Waals surface area (Å²) in [7, 11) is 0. The van der Waals surface area contributed by atoms with Crippen molar-refractivity contribution in [2.45, 2.75) is 26.4 Å². The molecule has 2 aromatic rings. The van der Waals surface area contributed by atoms with Crippen LogP contribution in [0.1, 0.15) is 28.4 Å². The Labute approximate surface area is 126 Å². The van der Waals surface area contributed by atoms with E-state index in [-0.39, 0.29) is 5.82 Å². The highest BCUT2D eigenvalue weighted by molar-refractivity contribution is 14.1. The molecule has 2 rings (SSSR count). The summed E-state index contributed by atoms with van der Waals surface area (Å²) in [4.78, 5) is 0. The predicted molar refractivity (Wildman–Crippen MR) is 83.7 cm³/mol. The molecule has 1 nitrogen and oxygen atoms in total. The van der Waals surface area contributed by atoms with Gasteiger partial charge in [-0.3, -0.25) is 0 Å². The lowest BCUT2D eigenvalue weighted by Gasteiger charge is -2.15. The molecule has 0 aliphatic carbocycles. The molecule has 3 heteroatoms. The van der Waals surface area contributed by atoms with E-state index < -0.39 is 6.10 Å². The quantitative estimate of drug-likeness (QED) is 0.798. The van der Waals surface area contributed by atoms with Crippen molar-refractivity contribution in [1.29, 1.82) is 0 Å². The number of rotatable bonds is 3. The standard InChI is InChI=1S/C16H16FIO/c1-10-6-7-13(17)8-12(10)9-15(19)14-5-3-4-11(2)16(14)18/h3-8,15,19H,9H2,1-2H3. The fraction of sp³-hybridized carbons (Fsp3) is 0.250. The molecule has 0 heterocycles. The first-order chi connectivity index (χ1) is 8.99. The molecule has 1 N–H and O–H groups in total. The fourth-order valence-electron chi connectivity index (χ4n) is 2.11. The Balaban J connectivity index is 2.28. The van der Waals surface area contributed by atoms with Crippen molar-refractivity contribution in [3.8, 4) is 0 Å². The van der Waals surface area contributed by atoms with Crippen LogP contribution in [-0.4, -0.2) is 5.11 Å². The van der Waals surface area contributed by atoms with Crippen LogP contribution in [-0.2, 0) is 6.42 Å². The second-order valence-corrected chi connectivity index (χ2v) is 5.85. The SMILES string of the molecule is Cc1ccc(F)cc1CC(O)c1cccc(C)c1I. The van der Waals surface area contributed by atoms with Crippen molar-refractivity contribution >= 4 is 22.6 Å². The van der Waals surface area contributed by atoms with Crippen LogP contribution in [0.25, 0.3) is 0 Å². The van der Waals surface area contributed by atoms with Gasteiger partial charge in [0.15, 0.2) is 0 Å². The Bertz CT molecular complexity index is 595. The van der Waals surface area contributed by atoms with Crippen LogP contribution >= 0.6 is 22.6 Å². The lowest BCUT2D eigenvalue weighted by Crippen LogP contribution is -2.06. The summed E-state index contributed by atoms with van der Waals surface area (Å²) in [6.07, 6.45) is -0.171. The molecule has 0 saturated heterocycles. The van der Waals surface area contributed by atoms with Crippen molar-refractivity contribution in [1.82, 2.24) is 0 Å². The summed E-state index contributed by atoms with van der Waals surface area (Å²) < 4.78 is 14.3. The largest absolute Gasteiger partial charge is 0.388 e. The molecular weight excluding hydrogens is 354 g/mol. The highest BCUT2D eigenvalue weighted by atomic mass is 127. The number of aryl methyl sites for hydroxylation is 2. The third kappa shape index (κ3) is 3.34. The van der Waals surface area contributed by atoms with E-state index in [0.29, 0.717) is 6.42 Å². The van der Waals surface area contributed by atoms with E-state index in [1.54, 1.807) is 6.07 Å². The molecule has 1 unspecified atom stereocenters. The number of hydrogen-bond donors (Lipinski definition) is 1. The zero-order chi connectivity index (χ0) is 14.0. The van der Waals surface area contributed by atoms with Crippen LogP contribution in [0.3, 0.4) is 0 Å². The zero-order valence-corrected chi connectivity index (χ0v) is 13.1. The predicted octanol–water partition coefficient (Wildman–Crippen LogP) is 4.32. The molecule has 19 heavy (non-hydrogen) atoms. The summed E-state index contributed by atoms with van der Waals surface area (Å²) in [5.41, 5.74) is 3.91. The van der Waals surface area contributed by atoms with Crippen molar-refractivity contribution < 1.29 is 9.50 Å². The maximum atomic E-state index is 13.3. The van der Waals surface area contributed by atoms with Crippen LogP contribution in [0.2, 0.25) is 0 Å². The van der Waals surface area contributed by atoms with Gasteiger partial charge in [0.1, 0.15) is 5.82 Å². The molecule has 0 radical (unpaired) electrons. The first-order valence-electron chi connectivity index (χ1n) is 6.17. The molecule has 0 aliphatic heterocycles. The van der Waals surface area contributed by atoms with Gasteiger partial charge in [-0.05, 0) is 70.8 Å². The van der Waals surface area contributed by atoms with Crippen LogP contribution in [0.4, 0.5) is 4.39 Å². The zero-order valence-electron chi connectivity index (χ0n) is 11.0. The lowest BCUT2D eigenvalue weighted by atomic mass is 9.97. The monoisotopic (exact) mass is 370 g/mol. The molecule has 0 saturated carbocycles. The van der Waals surface area contributed by atoms with Crippen LogP contribution < -0.4 is 0 Å². The first kappa shape index (κ1) is 14.5. The van der Waals surface area contributed by atoms with E-state index >= 15 is 0 Å². The van der Waals surface area contributed by atoms with Gasteiger partial charge in [-0.2, -0.15) is 0 Å². The molecule has 0 fully saturated rings. The van der Waals surface area contributed by atoms with E-state index in [4.69, 9.17) is 0 Å². The van der Waals surface area contributed by atoms with Crippen molar-refractivity contribution in [3.05, 3.63) is 68.0 Å². The molecule has 0 amide bonds. The van der Waals surface area contributed by atoms with Gasteiger partial charge >= 0.3 is 0 Å². The smallest absolute Gasteiger partial charge is 0.123 e. The molecular formula is C16H16FIO. The number of aliphatic hydroxyl groups excluding tert-OH is 1. The lowest BCUT2D eigenvalue weighted by molar-refractivity contribution is 0.177. The normalized spacial score (nSPS) is 12.5. The molecule has 1 atom stereocenters. The van der Waals surface area contributed by atoms with E-state index in [9.17, 15) is 9.50 Å². The van der Waals surface area contributed by atoms with Crippen molar-refractivity contribution in [3.63, 3.8) is 0 Å². The molecule has 100 valence electrons. The van der Waals surface area contributed by atoms with Crippen LogP contribution in [0.5, 0.6) is 0 Å². The number of aliphatic hydroxyl groups is 1. The Morgan fingerprint density at radius 1 is 1.16 bits per heavy atom. The Morgan fingerprint density at radius 3 is 2.63 bits per heavy atom. The maximum absolute atomic E-state index is 13.3. The Kier molecular flexibility index (Phi) is 4.58. The van der Waals surface area contributed by atoms with Gasteiger partial charge in [-0.25, -0.2) is 4.39 Å². The molecule has 2 aromatic carbocycles. The average molecular weight is 370 g/mol. The minimum atomic E-state index is -0.604. The van der Waals surface area contributed by atoms with Gasteiger partial charge in [0.05, 0.1) is 6.10 Å².